The summed E-state index contributed by atoms with van der Waals surface area (Å²) >= 11 is 27.2. The molecular formula is C14H10Cl4I2O3. The van der Waals surface area contributed by atoms with Crippen LogP contribution in [0.15, 0.2) is 24.3 Å². The Morgan fingerprint density at radius 2 is 1.26 bits per heavy atom. The van der Waals surface area contributed by atoms with Gasteiger partial charge in [-0.15, -0.1) is 0 Å². The first-order valence-electron chi connectivity index (χ1n) is 5.86. The van der Waals surface area contributed by atoms with E-state index in [1.54, 1.807) is 24.3 Å². The third-order valence-corrected chi connectivity index (χ3v) is 4.65. The summed E-state index contributed by atoms with van der Waals surface area (Å²) in [7, 11) is 1.54. The Kier molecular flexibility index (Phi) is 9.96. The molecule has 0 aliphatic carbocycles. The molecule has 23 heavy (non-hydrogen) atoms. The van der Waals surface area contributed by atoms with Crippen molar-refractivity contribution in [3.63, 3.8) is 0 Å². The Morgan fingerprint density at radius 1 is 0.870 bits per heavy atom. The predicted molar refractivity (Wildman–Crippen MR) is 113 cm³/mol. The molecule has 2 rings (SSSR count). The van der Waals surface area contributed by atoms with Crippen LogP contribution >= 0.6 is 91.6 Å². The van der Waals surface area contributed by atoms with Crippen LogP contribution in [-0.4, -0.2) is 19.0 Å². The maximum atomic E-state index is 9.06. The number of halogens is 6. The summed E-state index contributed by atoms with van der Waals surface area (Å²) in [5, 5.41) is 10.6. The molecule has 0 saturated carbocycles. The third kappa shape index (κ3) is 7.17. The van der Waals surface area contributed by atoms with Crippen molar-refractivity contribution < 1.29 is 14.6 Å². The van der Waals surface area contributed by atoms with Crippen molar-refractivity contribution in [3.8, 4) is 11.5 Å². The quantitative estimate of drug-likeness (QED) is 0.300. The number of rotatable bonds is 3. The van der Waals surface area contributed by atoms with Crippen molar-refractivity contribution in [2.24, 2.45) is 0 Å². The minimum Gasteiger partial charge on any atom is -0.505 e. The topological polar surface area (TPSA) is 38.7 Å². The van der Waals surface area contributed by atoms with E-state index in [1.807, 2.05) is 0 Å². The molecule has 0 heterocycles. The van der Waals surface area contributed by atoms with Crippen LogP contribution in [0.5, 0.6) is 11.5 Å². The first-order chi connectivity index (χ1) is 10.8. The smallest absolute Gasteiger partial charge is 0.188 e. The van der Waals surface area contributed by atoms with Crippen LogP contribution in [0, 0.1) is 7.14 Å². The minimum atomic E-state index is -0.0521. The summed E-state index contributed by atoms with van der Waals surface area (Å²) < 4.78 is 11.8. The predicted octanol–water partition coefficient (Wildman–Crippen LogP) is 6.88. The molecule has 9 heteroatoms. The van der Waals surface area contributed by atoms with Crippen molar-refractivity contribution in [1.82, 2.24) is 0 Å². The fraction of sp³-hybridized carbons (Fsp3) is 0.143. The Bertz CT molecular complexity index is 637. The molecule has 0 bridgehead atoms. The second-order valence-electron chi connectivity index (χ2n) is 3.97. The lowest BCUT2D eigenvalue weighted by molar-refractivity contribution is 0.0512. The molecule has 0 atom stereocenters. The van der Waals surface area contributed by atoms with E-state index in [1.165, 1.54) is 7.11 Å². The Hall–Kier alpha value is 0.620. The van der Waals surface area contributed by atoms with Crippen LogP contribution in [0.4, 0.5) is 0 Å². The van der Waals surface area contributed by atoms with Crippen LogP contribution in [0.1, 0.15) is 0 Å². The maximum Gasteiger partial charge on any atom is 0.188 e. The van der Waals surface area contributed by atoms with Crippen molar-refractivity contribution in [2.45, 2.75) is 0 Å². The largest absolute Gasteiger partial charge is 0.505 e. The molecule has 126 valence electrons. The molecule has 2 aromatic rings. The maximum absolute atomic E-state index is 9.06. The molecule has 0 fully saturated rings. The van der Waals surface area contributed by atoms with E-state index in [0.29, 0.717) is 15.8 Å². The highest BCUT2D eigenvalue weighted by molar-refractivity contribution is 14.1. The van der Waals surface area contributed by atoms with Crippen LogP contribution in [-0.2, 0) is 4.74 Å². The van der Waals surface area contributed by atoms with Gasteiger partial charge in [0.05, 0.1) is 20.1 Å². The summed E-state index contributed by atoms with van der Waals surface area (Å²) in [6.45, 7) is 0.139. The minimum absolute atomic E-state index is 0.0521. The fourth-order valence-electron chi connectivity index (χ4n) is 1.32. The molecule has 0 amide bonds. The highest BCUT2D eigenvalue weighted by Crippen LogP contribution is 2.34. The van der Waals surface area contributed by atoms with Crippen molar-refractivity contribution >= 4 is 91.6 Å². The second-order valence-corrected chi connectivity index (χ2v) is 8.09. The highest BCUT2D eigenvalue weighted by atomic mass is 127. The highest BCUT2D eigenvalue weighted by Gasteiger charge is 2.08. The molecule has 1 N–H and O–H groups in total. The third-order valence-electron chi connectivity index (χ3n) is 2.27. The van der Waals surface area contributed by atoms with Gasteiger partial charge in [-0.3, -0.25) is 0 Å². The van der Waals surface area contributed by atoms with Crippen LogP contribution in [0.2, 0.25) is 20.1 Å². The Balaban J connectivity index is 0.000000238. The molecular weight excluding hydrogens is 612 g/mol. The van der Waals surface area contributed by atoms with Gasteiger partial charge in [0, 0.05) is 14.3 Å². The molecule has 0 aliphatic heterocycles. The molecule has 2 aromatic carbocycles. The Morgan fingerprint density at radius 3 is 1.65 bits per heavy atom. The first kappa shape index (κ1) is 21.7. The summed E-state index contributed by atoms with van der Waals surface area (Å²) in [4.78, 5) is 0. The summed E-state index contributed by atoms with van der Waals surface area (Å²) in [6, 6.07) is 6.84. The molecule has 0 aromatic heterocycles. The molecule has 0 spiro atoms. The van der Waals surface area contributed by atoms with Gasteiger partial charge in [-0.2, -0.15) is 0 Å². The number of aromatic hydroxyl groups is 1. The Labute approximate surface area is 181 Å². The van der Waals surface area contributed by atoms with Crippen molar-refractivity contribution in [3.05, 3.63) is 51.5 Å². The van der Waals surface area contributed by atoms with Gasteiger partial charge in [-0.1, -0.05) is 46.4 Å². The van der Waals surface area contributed by atoms with Gasteiger partial charge < -0.3 is 14.6 Å². The molecule has 3 nitrogen and oxygen atoms in total. The first-order valence-corrected chi connectivity index (χ1v) is 9.53. The van der Waals surface area contributed by atoms with Crippen LogP contribution < -0.4 is 4.74 Å². The summed E-state index contributed by atoms with van der Waals surface area (Å²) in [5.74, 6) is 0.411. The van der Waals surface area contributed by atoms with Gasteiger partial charge in [0.25, 0.3) is 0 Å². The standard InChI is InChI=1S/C8H7Cl2IO2.C6H3Cl2IO/c1-12-4-13-8-6(9)2-5(11)3-7(8)10;7-4-1-3(9)2-5(8)6(4)10/h2-3H,4H2,1H3;1-2,10H. The number of ether oxygens (including phenoxy) is 2. The van der Waals surface area contributed by atoms with Crippen molar-refractivity contribution in [1.29, 1.82) is 0 Å². The lowest BCUT2D eigenvalue weighted by atomic mass is 10.3. The molecule has 0 saturated heterocycles. The average molecular weight is 622 g/mol. The van der Waals surface area contributed by atoms with E-state index in [-0.39, 0.29) is 22.6 Å². The lowest BCUT2D eigenvalue weighted by Crippen LogP contribution is -2.00. The zero-order valence-corrected chi connectivity index (χ0v) is 18.9. The molecule has 0 unspecified atom stereocenters. The van der Waals surface area contributed by atoms with Gasteiger partial charge in [-0.05, 0) is 69.4 Å². The van der Waals surface area contributed by atoms with Gasteiger partial charge in [0.2, 0.25) is 0 Å². The number of phenols is 1. The van der Waals surface area contributed by atoms with E-state index < -0.39 is 0 Å². The van der Waals surface area contributed by atoms with Crippen LogP contribution in [0.25, 0.3) is 0 Å². The number of hydrogen-bond donors (Lipinski definition) is 1. The van der Waals surface area contributed by atoms with Gasteiger partial charge in [0.1, 0.15) is 0 Å². The normalized spacial score (nSPS) is 10.0. The zero-order valence-electron chi connectivity index (χ0n) is 11.5. The number of hydrogen-bond acceptors (Lipinski definition) is 3. The fourth-order valence-corrected chi connectivity index (χ4v) is 4.38. The van der Waals surface area contributed by atoms with E-state index in [0.717, 1.165) is 7.14 Å². The monoisotopic (exact) mass is 620 g/mol. The van der Waals surface area contributed by atoms with E-state index in [9.17, 15) is 0 Å². The van der Waals surface area contributed by atoms with Crippen LogP contribution in [0.3, 0.4) is 0 Å². The molecule has 0 radical (unpaired) electrons. The van der Waals surface area contributed by atoms with E-state index in [4.69, 9.17) is 61.0 Å². The van der Waals surface area contributed by atoms with E-state index >= 15 is 0 Å². The van der Waals surface area contributed by atoms with Gasteiger partial charge in [0.15, 0.2) is 18.3 Å². The number of phenolic OH excluding ortho intramolecular Hbond substituents is 1. The van der Waals surface area contributed by atoms with E-state index in [2.05, 4.69) is 45.2 Å². The summed E-state index contributed by atoms with van der Waals surface area (Å²) in [5.41, 5.74) is 0. The lowest BCUT2D eigenvalue weighted by Gasteiger charge is -2.08. The van der Waals surface area contributed by atoms with Gasteiger partial charge in [-0.25, -0.2) is 0 Å². The zero-order chi connectivity index (χ0) is 17.6. The summed E-state index contributed by atoms with van der Waals surface area (Å²) in [6.07, 6.45) is 0. The second kappa shape index (κ2) is 10.6. The molecule has 0 aliphatic rings. The van der Waals surface area contributed by atoms with Gasteiger partial charge >= 0.3 is 0 Å². The van der Waals surface area contributed by atoms with Crippen molar-refractivity contribution in [2.75, 3.05) is 13.9 Å². The number of benzene rings is 2. The number of methoxy groups -OCH3 is 1. The SMILES string of the molecule is COCOc1c(Cl)cc(I)cc1Cl.Oc1c(Cl)cc(I)cc1Cl. The average Bonchev–Trinajstić information content (AvgIpc) is 2.44.